The molecule has 2 saturated carbocycles. The van der Waals surface area contributed by atoms with Crippen LogP contribution >= 0.6 is 11.8 Å². The first kappa shape index (κ1) is 13.8. The van der Waals surface area contributed by atoms with Crippen LogP contribution in [0.25, 0.3) is 0 Å². The molecule has 6 nitrogen and oxygen atoms in total. The third kappa shape index (κ3) is 3.49. The quantitative estimate of drug-likeness (QED) is 0.582. The number of aromatic nitrogens is 4. The molecular formula is C13H20N6S. The van der Waals surface area contributed by atoms with Crippen molar-refractivity contribution >= 4 is 11.8 Å². The lowest BCUT2D eigenvalue weighted by molar-refractivity contribution is 0.411. The van der Waals surface area contributed by atoms with Crippen LogP contribution in [0.4, 0.5) is 0 Å². The van der Waals surface area contributed by atoms with Gasteiger partial charge in [-0.25, -0.2) is 4.68 Å². The molecule has 0 spiro atoms. The summed E-state index contributed by atoms with van der Waals surface area (Å²) in [4.78, 5) is 0. The Morgan fingerprint density at radius 2 is 2.25 bits per heavy atom. The van der Waals surface area contributed by atoms with Gasteiger partial charge >= 0.3 is 0 Å². The van der Waals surface area contributed by atoms with Crippen LogP contribution in [-0.2, 0) is 0 Å². The standard InChI is InChI=1S/C13H20N6S/c1-13(9-14,15-10-3-4-10)7-2-8-20-12-16-17-18-19(12)11-5-6-11/h10-11,15H,2-8H2,1H3. The SMILES string of the molecule is CC(C#N)(CCCSc1nnnn1C1CC1)NC1CC1. The number of hydrogen-bond donors (Lipinski definition) is 1. The molecule has 0 amide bonds. The fraction of sp³-hybridized carbons (Fsp3) is 0.846. The Bertz CT molecular complexity index is 501. The van der Waals surface area contributed by atoms with E-state index in [2.05, 4.69) is 26.9 Å². The van der Waals surface area contributed by atoms with Crippen molar-refractivity contribution in [2.24, 2.45) is 0 Å². The maximum atomic E-state index is 9.31. The molecule has 1 heterocycles. The van der Waals surface area contributed by atoms with Crippen LogP contribution in [-0.4, -0.2) is 37.5 Å². The summed E-state index contributed by atoms with van der Waals surface area (Å²) in [5, 5.41) is 25.5. The van der Waals surface area contributed by atoms with Crippen molar-refractivity contribution in [3.05, 3.63) is 0 Å². The van der Waals surface area contributed by atoms with Gasteiger partial charge in [-0.05, 0) is 55.9 Å². The molecule has 1 aromatic rings. The Hall–Kier alpha value is -1.13. The molecule has 0 saturated heterocycles. The van der Waals surface area contributed by atoms with Gasteiger partial charge in [0.1, 0.15) is 5.54 Å². The average molecular weight is 292 g/mol. The van der Waals surface area contributed by atoms with E-state index < -0.39 is 0 Å². The van der Waals surface area contributed by atoms with Gasteiger partial charge in [0.2, 0.25) is 5.16 Å². The third-order valence-electron chi connectivity index (χ3n) is 3.75. The van der Waals surface area contributed by atoms with Gasteiger partial charge in [0.25, 0.3) is 0 Å². The zero-order valence-corrected chi connectivity index (χ0v) is 12.6. The molecule has 1 atom stereocenters. The van der Waals surface area contributed by atoms with Crippen molar-refractivity contribution < 1.29 is 0 Å². The molecule has 1 aromatic heterocycles. The van der Waals surface area contributed by atoms with Crippen molar-refractivity contribution in [3.63, 3.8) is 0 Å². The molecule has 1 N–H and O–H groups in total. The van der Waals surface area contributed by atoms with E-state index in [9.17, 15) is 5.26 Å². The summed E-state index contributed by atoms with van der Waals surface area (Å²) >= 11 is 1.70. The monoisotopic (exact) mass is 292 g/mol. The van der Waals surface area contributed by atoms with Crippen LogP contribution in [0, 0.1) is 11.3 Å². The summed E-state index contributed by atoms with van der Waals surface area (Å²) in [6.45, 7) is 2.00. The number of rotatable bonds is 8. The second-order valence-electron chi connectivity index (χ2n) is 5.95. The molecule has 2 fully saturated rings. The first-order valence-corrected chi connectivity index (χ1v) is 8.28. The van der Waals surface area contributed by atoms with Crippen LogP contribution in [0.2, 0.25) is 0 Å². The zero-order chi connectivity index (χ0) is 14.0. The molecule has 3 rings (SSSR count). The average Bonchev–Trinajstić information content (AvgIpc) is 3.37. The first-order chi connectivity index (χ1) is 9.70. The van der Waals surface area contributed by atoms with E-state index in [1.54, 1.807) is 11.8 Å². The highest BCUT2D eigenvalue weighted by atomic mass is 32.2. The van der Waals surface area contributed by atoms with Gasteiger partial charge in [0, 0.05) is 11.8 Å². The van der Waals surface area contributed by atoms with Gasteiger partial charge in [-0.2, -0.15) is 5.26 Å². The predicted octanol–water partition coefficient (Wildman–Crippen LogP) is 1.91. The molecule has 2 aliphatic rings. The highest BCUT2D eigenvalue weighted by Crippen LogP contribution is 2.36. The van der Waals surface area contributed by atoms with E-state index in [1.807, 2.05) is 11.6 Å². The van der Waals surface area contributed by atoms with Crippen LogP contribution in [0.15, 0.2) is 5.16 Å². The fourth-order valence-corrected chi connectivity index (χ4v) is 3.14. The molecule has 20 heavy (non-hydrogen) atoms. The molecule has 108 valence electrons. The highest BCUT2D eigenvalue weighted by Gasteiger charge is 2.32. The van der Waals surface area contributed by atoms with Crippen molar-refractivity contribution in [1.29, 1.82) is 5.26 Å². The number of nitrogens with one attached hydrogen (secondary N) is 1. The Labute approximate surface area is 123 Å². The normalized spacial score (nSPS) is 21.4. The maximum Gasteiger partial charge on any atom is 0.209 e. The highest BCUT2D eigenvalue weighted by molar-refractivity contribution is 7.99. The van der Waals surface area contributed by atoms with Gasteiger partial charge in [-0.1, -0.05) is 11.8 Å². The molecular weight excluding hydrogens is 272 g/mol. The zero-order valence-electron chi connectivity index (χ0n) is 11.7. The summed E-state index contributed by atoms with van der Waals surface area (Å²) < 4.78 is 1.94. The second-order valence-corrected chi connectivity index (χ2v) is 7.01. The summed E-state index contributed by atoms with van der Waals surface area (Å²) in [5.41, 5.74) is -0.385. The van der Waals surface area contributed by atoms with Crippen molar-refractivity contribution in [2.75, 3.05) is 5.75 Å². The topological polar surface area (TPSA) is 79.4 Å². The van der Waals surface area contributed by atoms with E-state index in [0.29, 0.717) is 12.1 Å². The van der Waals surface area contributed by atoms with Crippen LogP contribution in [0.1, 0.15) is 51.5 Å². The lowest BCUT2D eigenvalue weighted by Gasteiger charge is -2.22. The number of nitriles is 1. The van der Waals surface area contributed by atoms with Gasteiger partial charge in [0.15, 0.2) is 0 Å². The number of thioether (sulfide) groups is 1. The van der Waals surface area contributed by atoms with Crippen molar-refractivity contribution in [3.8, 4) is 6.07 Å². The Morgan fingerprint density at radius 1 is 1.45 bits per heavy atom. The molecule has 0 bridgehead atoms. The minimum absolute atomic E-state index is 0.385. The molecule has 0 aliphatic heterocycles. The minimum atomic E-state index is -0.385. The summed E-state index contributed by atoms with van der Waals surface area (Å²) in [6, 6.07) is 3.50. The van der Waals surface area contributed by atoms with E-state index in [1.165, 1.54) is 25.7 Å². The van der Waals surface area contributed by atoms with E-state index in [0.717, 1.165) is 23.8 Å². The lowest BCUT2D eigenvalue weighted by Crippen LogP contribution is -2.42. The third-order valence-corrected chi connectivity index (χ3v) is 4.77. The van der Waals surface area contributed by atoms with Gasteiger partial charge < -0.3 is 0 Å². The minimum Gasteiger partial charge on any atom is -0.297 e. The van der Waals surface area contributed by atoms with Gasteiger partial charge in [-0.15, -0.1) is 5.10 Å². The molecule has 2 aliphatic carbocycles. The summed E-state index contributed by atoms with van der Waals surface area (Å²) in [7, 11) is 0. The lowest BCUT2D eigenvalue weighted by atomic mass is 9.98. The fourth-order valence-electron chi connectivity index (χ4n) is 2.26. The van der Waals surface area contributed by atoms with E-state index in [-0.39, 0.29) is 5.54 Å². The summed E-state index contributed by atoms with van der Waals surface area (Å²) in [6.07, 6.45) is 6.67. The van der Waals surface area contributed by atoms with Crippen LogP contribution < -0.4 is 5.32 Å². The second kappa shape index (κ2) is 5.70. The van der Waals surface area contributed by atoms with Crippen molar-refractivity contribution in [2.45, 2.75) is 68.2 Å². The predicted molar refractivity (Wildman–Crippen MR) is 76.2 cm³/mol. The van der Waals surface area contributed by atoms with Crippen LogP contribution in [0.3, 0.4) is 0 Å². The van der Waals surface area contributed by atoms with E-state index >= 15 is 0 Å². The number of tetrazole rings is 1. The molecule has 7 heteroatoms. The molecule has 0 radical (unpaired) electrons. The van der Waals surface area contributed by atoms with Crippen LogP contribution in [0.5, 0.6) is 0 Å². The number of nitrogens with zero attached hydrogens (tertiary/aromatic N) is 5. The Balaban J connectivity index is 1.42. The van der Waals surface area contributed by atoms with Crippen molar-refractivity contribution in [1.82, 2.24) is 25.5 Å². The van der Waals surface area contributed by atoms with E-state index in [4.69, 9.17) is 0 Å². The smallest absolute Gasteiger partial charge is 0.209 e. The maximum absolute atomic E-state index is 9.31. The largest absolute Gasteiger partial charge is 0.297 e. The first-order valence-electron chi connectivity index (χ1n) is 7.30. The molecule has 1 unspecified atom stereocenters. The Morgan fingerprint density at radius 3 is 2.90 bits per heavy atom. The number of hydrogen-bond acceptors (Lipinski definition) is 6. The molecule has 0 aromatic carbocycles. The van der Waals surface area contributed by atoms with Gasteiger partial charge in [-0.3, -0.25) is 5.32 Å². The summed E-state index contributed by atoms with van der Waals surface area (Å²) in [5.74, 6) is 0.955. The van der Waals surface area contributed by atoms with Gasteiger partial charge in [0.05, 0.1) is 12.1 Å². The Kier molecular flexibility index (Phi) is 3.94.